The van der Waals surface area contributed by atoms with Crippen LogP contribution in [0, 0.1) is 0 Å². The van der Waals surface area contributed by atoms with E-state index in [1.807, 2.05) is 85.8 Å². The first kappa shape index (κ1) is 15.5. The van der Waals surface area contributed by atoms with Crippen LogP contribution in [-0.2, 0) is 5.41 Å². The zero-order valence-corrected chi connectivity index (χ0v) is 14.0. The Balaban J connectivity index is 2.12. The average Bonchev–Trinajstić information content (AvgIpc) is 2.76. The molecule has 0 aliphatic heterocycles. The van der Waals surface area contributed by atoms with Gasteiger partial charge in [0.05, 0.1) is 0 Å². The normalized spacial score (nSPS) is 15.2. The molecular weight excluding hydrogens is 308 g/mol. The lowest BCUT2D eigenvalue weighted by Crippen LogP contribution is -2.42. The van der Waals surface area contributed by atoms with Crippen molar-refractivity contribution in [2.45, 2.75) is 18.8 Å². The van der Waals surface area contributed by atoms with E-state index in [4.69, 9.17) is 0 Å². The molecule has 0 heterocycles. The Morgan fingerprint density at radius 1 is 0.600 bits per heavy atom. The lowest BCUT2D eigenvalue weighted by Gasteiger charge is -2.29. The second-order valence-electron chi connectivity index (χ2n) is 6.37. The first-order valence-corrected chi connectivity index (χ1v) is 8.53. The molecule has 2 nitrogen and oxygen atoms in total. The Morgan fingerprint density at radius 2 is 1.00 bits per heavy atom. The number of ketones is 2. The van der Waals surface area contributed by atoms with Crippen molar-refractivity contribution in [2.24, 2.45) is 0 Å². The number of carbonyl (C=O) groups is 2. The highest BCUT2D eigenvalue weighted by molar-refractivity contribution is 6.29. The van der Waals surface area contributed by atoms with Gasteiger partial charge in [0.2, 0.25) is 0 Å². The van der Waals surface area contributed by atoms with Gasteiger partial charge in [-0.2, -0.15) is 0 Å². The molecular formula is C23H18O2. The van der Waals surface area contributed by atoms with Crippen molar-refractivity contribution in [2.75, 3.05) is 0 Å². The third kappa shape index (κ3) is 2.11. The summed E-state index contributed by atoms with van der Waals surface area (Å²) >= 11 is 0. The van der Waals surface area contributed by atoms with Crippen molar-refractivity contribution in [3.8, 4) is 11.1 Å². The maximum Gasteiger partial charge on any atom is 0.181 e. The van der Waals surface area contributed by atoms with Crippen LogP contribution in [-0.4, -0.2) is 11.6 Å². The molecule has 2 heteroatoms. The Morgan fingerprint density at radius 3 is 1.44 bits per heavy atom. The molecule has 3 aromatic rings. The van der Waals surface area contributed by atoms with Gasteiger partial charge in [0.15, 0.2) is 11.6 Å². The molecule has 0 saturated heterocycles. The van der Waals surface area contributed by atoms with E-state index in [1.54, 1.807) is 0 Å². The van der Waals surface area contributed by atoms with E-state index in [2.05, 4.69) is 0 Å². The van der Waals surface area contributed by atoms with E-state index >= 15 is 0 Å². The average molecular weight is 326 g/mol. The molecule has 1 aliphatic carbocycles. The molecule has 0 saturated carbocycles. The summed E-state index contributed by atoms with van der Waals surface area (Å²) in [6.45, 7) is 1.92. The van der Waals surface area contributed by atoms with E-state index in [-0.39, 0.29) is 11.6 Å². The van der Waals surface area contributed by atoms with Crippen molar-refractivity contribution < 1.29 is 9.59 Å². The molecule has 0 fully saturated rings. The number of hydrogen-bond acceptors (Lipinski definition) is 2. The van der Waals surface area contributed by atoms with Crippen LogP contribution in [0.5, 0.6) is 0 Å². The summed E-state index contributed by atoms with van der Waals surface area (Å²) in [4.78, 5) is 27.3. The summed E-state index contributed by atoms with van der Waals surface area (Å²) in [7, 11) is 0. The predicted molar refractivity (Wildman–Crippen MR) is 99.0 cm³/mol. The van der Waals surface area contributed by atoms with Crippen molar-refractivity contribution in [3.05, 3.63) is 95.6 Å². The fourth-order valence-corrected chi connectivity index (χ4v) is 3.90. The van der Waals surface area contributed by atoms with E-state index in [0.29, 0.717) is 17.5 Å². The van der Waals surface area contributed by atoms with Crippen LogP contribution in [0.3, 0.4) is 0 Å². The van der Waals surface area contributed by atoms with Crippen molar-refractivity contribution in [1.82, 2.24) is 0 Å². The van der Waals surface area contributed by atoms with Crippen LogP contribution < -0.4 is 0 Å². The fraction of sp³-hybridized carbons (Fsp3) is 0.130. The van der Waals surface area contributed by atoms with E-state index in [0.717, 1.165) is 16.7 Å². The Bertz CT molecular complexity index is 913. The first-order valence-electron chi connectivity index (χ1n) is 8.53. The van der Waals surface area contributed by atoms with Gasteiger partial charge in [-0.25, -0.2) is 0 Å². The van der Waals surface area contributed by atoms with Gasteiger partial charge in [0, 0.05) is 11.1 Å². The smallest absolute Gasteiger partial charge is 0.181 e. The number of rotatable bonds is 2. The standard InChI is InChI=1S/C23H18O2/c1-2-23(16-10-4-3-5-11-16)21(24)19-14-8-6-12-17(19)18-13-7-9-15-20(18)22(23)25/h3-15H,2H2,1H3. The Hall–Kier alpha value is -3.00. The lowest BCUT2D eigenvalue weighted by molar-refractivity contribution is 0.0759. The summed E-state index contributed by atoms with van der Waals surface area (Å²) in [5.74, 6) is -0.226. The van der Waals surface area contributed by atoms with Crippen LogP contribution in [0.25, 0.3) is 11.1 Å². The van der Waals surface area contributed by atoms with Crippen molar-refractivity contribution in [1.29, 1.82) is 0 Å². The van der Waals surface area contributed by atoms with Gasteiger partial charge in [-0.3, -0.25) is 9.59 Å². The number of benzene rings is 3. The number of carbonyl (C=O) groups excluding carboxylic acids is 2. The summed E-state index contributed by atoms with van der Waals surface area (Å²) in [6.07, 6.45) is 0.428. The second-order valence-corrected chi connectivity index (χ2v) is 6.37. The van der Waals surface area contributed by atoms with Crippen LogP contribution in [0.1, 0.15) is 39.6 Å². The fourth-order valence-electron chi connectivity index (χ4n) is 3.90. The molecule has 0 amide bonds. The molecule has 0 spiro atoms. The van der Waals surface area contributed by atoms with Crippen molar-refractivity contribution >= 4 is 11.6 Å². The molecule has 1 aliphatic rings. The molecule has 0 unspecified atom stereocenters. The topological polar surface area (TPSA) is 34.1 Å². The number of Topliss-reactive ketones (excluding diaryl/α,β-unsaturated/α-hetero) is 2. The summed E-state index contributed by atoms with van der Waals surface area (Å²) in [5, 5.41) is 0. The van der Waals surface area contributed by atoms with Gasteiger partial charge >= 0.3 is 0 Å². The summed E-state index contributed by atoms with van der Waals surface area (Å²) < 4.78 is 0. The first-order chi connectivity index (χ1) is 12.2. The Labute approximate surface area is 147 Å². The zero-order valence-electron chi connectivity index (χ0n) is 14.0. The summed E-state index contributed by atoms with van der Waals surface area (Å²) in [6, 6.07) is 24.5. The van der Waals surface area contributed by atoms with E-state index < -0.39 is 5.41 Å². The molecule has 0 bridgehead atoms. The van der Waals surface area contributed by atoms with Gasteiger partial charge in [0.25, 0.3) is 0 Å². The Kier molecular flexibility index (Phi) is 3.61. The van der Waals surface area contributed by atoms with Crippen LogP contribution in [0.15, 0.2) is 78.9 Å². The van der Waals surface area contributed by atoms with Gasteiger partial charge in [-0.1, -0.05) is 85.8 Å². The molecule has 0 radical (unpaired) electrons. The minimum Gasteiger partial charge on any atom is -0.293 e. The quantitative estimate of drug-likeness (QED) is 0.615. The van der Waals surface area contributed by atoms with E-state index in [1.165, 1.54) is 0 Å². The molecule has 0 aromatic heterocycles. The highest BCUT2D eigenvalue weighted by Gasteiger charge is 2.49. The third-order valence-corrected chi connectivity index (χ3v) is 5.21. The van der Waals surface area contributed by atoms with Crippen LogP contribution >= 0.6 is 0 Å². The maximum absolute atomic E-state index is 13.6. The minimum absolute atomic E-state index is 0.113. The molecule has 0 atom stereocenters. The molecule has 4 rings (SSSR count). The summed E-state index contributed by atoms with van der Waals surface area (Å²) in [5.41, 5.74) is 2.49. The third-order valence-electron chi connectivity index (χ3n) is 5.21. The van der Waals surface area contributed by atoms with Gasteiger partial charge in [-0.05, 0) is 23.1 Å². The largest absolute Gasteiger partial charge is 0.293 e. The molecule has 0 N–H and O–H groups in total. The number of fused-ring (bicyclic) bond motifs is 3. The maximum atomic E-state index is 13.6. The SMILES string of the molecule is CCC1(c2ccccc2)C(=O)c2ccccc2-c2ccccc2C1=O. The number of hydrogen-bond donors (Lipinski definition) is 0. The zero-order chi connectivity index (χ0) is 17.4. The van der Waals surface area contributed by atoms with E-state index in [9.17, 15) is 9.59 Å². The lowest BCUT2D eigenvalue weighted by atomic mass is 9.69. The molecule has 122 valence electrons. The van der Waals surface area contributed by atoms with Gasteiger partial charge in [-0.15, -0.1) is 0 Å². The second kappa shape index (κ2) is 5.82. The van der Waals surface area contributed by atoms with Crippen LogP contribution in [0.4, 0.5) is 0 Å². The molecule has 25 heavy (non-hydrogen) atoms. The minimum atomic E-state index is -1.18. The highest BCUT2D eigenvalue weighted by atomic mass is 16.2. The molecule has 3 aromatic carbocycles. The predicted octanol–water partition coefficient (Wildman–Crippen LogP) is 5.08. The van der Waals surface area contributed by atoms with Gasteiger partial charge < -0.3 is 0 Å². The van der Waals surface area contributed by atoms with Crippen molar-refractivity contribution in [3.63, 3.8) is 0 Å². The highest BCUT2D eigenvalue weighted by Crippen LogP contribution is 2.43. The van der Waals surface area contributed by atoms with Gasteiger partial charge in [0.1, 0.15) is 5.41 Å². The monoisotopic (exact) mass is 326 g/mol. The van der Waals surface area contributed by atoms with Crippen LogP contribution in [0.2, 0.25) is 0 Å².